The molecule has 0 aliphatic carbocycles. The maximum Gasteiger partial charge on any atom is 0.262 e. The first-order valence-electron chi connectivity index (χ1n) is 9.66. The van der Waals surface area contributed by atoms with Gasteiger partial charge in [0.05, 0.1) is 24.3 Å². The van der Waals surface area contributed by atoms with E-state index in [4.69, 9.17) is 14.2 Å². The summed E-state index contributed by atoms with van der Waals surface area (Å²) < 4.78 is 17.1. The summed E-state index contributed by atoms with van der Waals surface area (Å²) in [6.45, 7) is -0.335. The number of aliphatic hydroxyl groups is 2. The Morgan fingerprint density at radius 1 is 1.00 bits per heavy atom. The highest BCUT2D eigenvalue weighted by molar-refractivity contribution is 6.21. The van der Waals surface area contributed by atoms with Crippen molar-refractivity contribution in [3.05, 3.63) is 71.3 Å². The number of hydrogen-bond donors (Lipinski definition) is 2. The Morgan fingerprint density at radius 3 is 2.17 bits per heavy atom. The summed E-state index contributed by atoms with van der Waals surface area (Å²) in [7, 11) is 1.37. The predicted octanol–water partition coefficient (Wildman–Crippen LogP) is 0.961. The highest BCUT2D eigenvalue weighted by atomic mass is 16.7. The Balaban J connectivity index is 1.68. The Morgan fingerprint density at radius 2 is 1.60 bits per heavy atom. The molecule has 0 saturated carbocycles. The molecule has 0 aromatic heterocycles. The summed E-state index contributed by atoms with van der Waals surface area (Å²) in [5, 5.41) is 20.5. The standard InChI is InChI=1S/C22H23NO7/c1-28-22-17(23-20(26)14-9-5-6-10-15(14)21(23)27)19(18(25)16(11-24)30-22)29-12-13-7-3-2-4-8-13/h2-10,16-19,22,24-25H,11-12H2,1H3/t16-,17+,18-,19+,22+/m0/s1. The van der Waals surface area contributed by atoms with Gasteiger partial charge in [-0.1, -0.05) is 42.5 Å². The molecule has 0 bridgehead atoms. The summed E-state index contributed by atoms with van der Waals surface area (Å²) in [6, 6.07) is 14.8. The maximum atomic E-state index is 13.1. The highest BCUT2D eigenvalue weighted by Gasteiger charge is 2.54. The van der Waals surface area contributed by atoms with Crippen molar-refractivity contribution in [1.82, 2.24) is 4.90 Å². The molecular formula is C22H23NO7. The first kappa shape index (κ1) is 20.6. The smallest absolute Gasteiger partial charge is 0.262 e. The van der Waals surface area contributed by atoms with E-state index in [0.717, 1.165) is 10.5 Å². The molecule has 2 aromatic carbocycles. The Hall–Kier alpha value is -2.62. The third-order valence-electron chi connectivity index (χ3n) is 5.46. The minimum atomic E-state index is -1.28. The molecule has 0 spiro atoms. The lowest BCUT2D eigenvalue weighted by Gasteiger charge is -2.46. The van der Waals surface area contributed by atoms with E-state index in [1.165, 1.54) is 7.11 Å². The molecule has 1 fully saturated rings. The molecule has 2 N–H and O–H groups in total. The molecule has 4 rings (SSSR count). The van der Waals surface area contributed by atoms with Crippen molar-refractivity contribution >= 4 is 11.8 Å². The average Bonchev–Trinajstić information content (AvgIpc) is 3.03. The zero-order valence-corrected chi connectivity index (χ0v) is 16.4. The summed E-state index contributed by atoms with van der Waals surface area (Å²) in [6.07, 6.45) is -4.36. The number of carbonyl (C=O) groups is 2. The number of imide groups is 1. The van der Waals surface area contributed by atoms with Gasteiger partial charge in [0.25, 0.3) is 11.8 Å². The maximum absolute atomic E-state index is 13.1. The summed E-state index contributed by atoms with van der Waals surface area (Å²) >= 11 is 0. The quantitative estimate of drug-likeness (QED) is 0.680. The van der Waals surface area contributed by atoms with Crippen molar-refractivity contribution < 1.29 is 34.0 Å². The van der Waals surface area contributed by atoms with E-state index in [2.05, 4.69) is 0 Å². The largest absolute Gasteiger partial charge is 0.394 e. The average molecular weight is 413 g/mol. The number of rotatable bonds is 6. The molecule has 0 unspecified atom stereocenters. The van der Waals surface area contributed by atoms with Gasteiger partial charge in [0, 0.05) is 7.11 Å². The second-order valence-corrected chi connectivity index (χ2v) is 7.23. The second-order valence-electron chi connectivity index (χ2n) is 7.23. The molecular weight excluding hydrogens is 390 g/mol. The van der Waals surface area contributed by atoms with Crippen molar-refractivity contribution in [2.75, 3.05) is 13.7 Å². The van der Waals surface area contributed by atoms with Crippen LogP contribution >= 0.6 is 0 Å². The van der Waals surface area contributed by atoms with Gasteiger partial charge in [0.2, 0.25) is 0 Å². The van der Waals surface area contributed by atoms with Gasteiger partial charge in [0.1, 0.15) is 24.4 Å². The predicted molar refractivity (Wildman–Crippen MR) is 105 cm³/mol. The van der Waals surface area contributed by atoms with Crippen molar-refractivity contribution in [1.29, 1.82) is 0 Å². The molecule has 1 saturated heterocycles. The van der Waals surface area contributed by atoms with Crippen LogP contribution in [0.2, 0.25) is 0 Å². The van der Waals surface area contributed by atoms with Gasteiger partial charge in [-0.3, -0.25) is 14.5 Å². The number of benzene rings is 2. The van der Waals surface area contributed by atoms with Gasteiger partial charge in [-0.15, -0.1) is 0 Å². The van der Waals surface area contributed by atoms with E-state index in [-0.39, 0.29) is 17.7 Å². The Labute approximate surface area is 173 Å². The van der Waals surface area contributed by atoms with Crippen LogP contribution in [0.25, 0.3) is 0 Å². The SMILES string of the molecule is CO[C@@H]1O[C@@H](CO)[C@H](O)[C@H](OCc2ccccc2)[C@H]1N1C(=O)c2ccccc2C1=O. The zero-order valence-electron chi connectivity index (χ0n) is 16.4. The molecule has 8 nitrogen and oxygen atoms in total. The summed E-state index contributed by atoms with van der Waals surface area (Å²) in [5.74, 6) is -1.01. The monoisotopic (exact) mass is 413 g/mol. The van der Waals surface area contributed by atoms with Gasteiger partial charge in [-0.25, -0.2) is 0 Å². The number of aliphatic hydroxyl groups excluding tert-OH is 2. The molecule has 158 valence electrons. The molecule has 30 heavy (non-hydrogen) atoms. The fourth-order valence-corrected chi connectivity index (χ4v) is 3.96. The zero-order chi connectivity index (χ0) is 21.3. The van der Waals surface area contributed by atoms with E-state index in [9.17, 15) is 19.8 Å². The lowest BCUT2D eigenvalue weighted by Crippen LogP contribution is -2.66. The van der Waals surface area contributed by atoms with Gasteiger partial charge >= 0.3 is 0 Å². The third kappa shape index (κ3) is 3.53. The van der Waals surface area contributed by atoms with Gasteiger partial charge < -0.3 is 24.4 Å². The van der Waals surface area contributed by atoms with Gasteiger partial charge in [-0.05, 0) is 17.7 Å². The fraction of sp³-hybridized carbons (Fsp3) is 0.364. The first-order valence-corrected chi connectivity index (χ1v) is 9.66. The summed E-state index contributed by atoms with van der Waals surface area (Å²) in [4.78, 5) is 27.1. The number of ether oxygens (including phenoxy) is 3. The van der Waals surface area contributed by atoms with E-state index >= 15 is 0 Å². The van der Waals surface area contributed by atoms with Crippen LogP contribution in [0.3, 0.4) is 0 Å². The molecule has 0 radical (unpaired) electrons. The number of methoxy groups -OCH3 is 1. The van der Waals surface area contributed by atoms with Crippen LogP contribution in [0, 0.1) is 0 Å². The fourth-order valence-electron chi connectivity index (χ4n) is 3.96. The number of nitrogens with zero attached hydrogens (tertiary/aromatic N) is 1. The van der Waals surface area contributed by atoms with E-state index in [1.54, 1.807) is 24.3 Å². The number of amides is 2. The van der Waals surface area contributed by atoms with Crippen LogP contribution in [0.1, 0.15) is 26.3 Å². The molecule has 5 atom stereocenters. The number of fused-ring (bicyclic) bond motifs is 1. The topological polar surface area (TPSA) is 106 Å². The summed E-state index contributed by atoms with van der Waals surface area (Å²) in [5.41, 5.74) is 1.41. The van der Waals surface area contributed by atoms with E-state index in [0.29, 0.717) is 0 Å². The first-order chi connectivity index (χ1) is 14.6. The van der Waals surface area contributed by atoms with E-state index in [1.807, 2.05) is 30.3 Å². The van der Waals surface area contributed by atoms with Crippen LogP contribution in [0.15, 0.2) is 54.6 Å². The normalized spacial score (nSPS) is 28.6. The molecule has 2 aliphatic rings. The van der Waals surface area contributed by atoms with Gasteiger partial charge in [-0.2, -0.15) is 0 Å². The molecule has 2 aliphatic heterocycles. The lowest BCUT2D eigenvalue weighted by atomic mass is 9.95. The third-order valence-corrected chi connectivity index (χ3v) is 5.46. The van der Waals surface area contributed by atoms with E-state index < -0.39 is 49.1 Å². The van der Waals surface area contributed by atoms with Crippen molar-refractivity contribution in [2.24, 2.45) is 0 Å². The van der Waals surface area contributed by atoms with Crippen molar-refractivity contribution in [3.8, 4) is 0 Å². The van der Waals surface area contributed by atoms with Crippen LogP contribution in [0.5, 0.6) is 0 Å². The number of hydrogen-bond acceptors (Lipinski definition) is 7. The van der Waals surface area contributed by atoms with Crippen LogP contribution in [-0.4, -0.2) is 71.3 Å². The molecule has 2 heterocycles. The van der Waals surface area contributed by atoms with Crippen LogP contribution < -0.4 is 0 Å². The van der Waals surface area contributed by atoms with Crippen molar-refractivity contribution in [2.45, 2.75) is 37.3 Å². The Bertz CT molecular complexity index is 884. The minimum Gasteiger partial charge on any atom is -0.394 e. The lowest BCUT2D eigenvalue weighted by molar-refractivity contribution is -0.281. The minimum absolute atomic E-state index is 0.136. The van der Waals surface area contributed by atoms with Gasteiger partial charge in [0.15, 0.2) is 6.29 Å². The highest BCUT2D eigenvalue weighted by Crippen LogP contribution is 2.34. The van der Waals surface area contributed by atoms with Crippen molar-refractivity contribution in [3.63, 3.8) is 0 Å². The van der Waals surface area contributed by atoms with Crippen LogP contribution in [-0.2, 0) is 20.8 Å². The molecule has 2 aromatic rings. The number of carbonyl (C=O) groups excluding carboxylic acids is 2. The second kappa shape index (κ2) is 8.63. The van der Waals surface area contributed by atoms with Crippen LogP contribution in [0.4, 0.5) is 0 Å². The molecule has 2 amide bonds. The Kier molecular flexibility index (Phi) is 5.94. The molecule has 8 heteroatoms.